The monoisotopic (exact) mass is 945 g/mol. The van der Waals surface area contributed by atoms with Crippen molar-refractivity contribution in [3.05, 3.63) is 223 Å². The second-order valence-corrected chi connectivity index (χ2v) is 19.7. The van der Waals surface area contributed by atoms with E-state index in [2.05, 4.69) is 64.7 Å². The number of nitrogens with zero attached hydrogens (tertiary/aromatic N) is 4. The third-order valence-electron chi connectivity index (χ3n) is 12.8. The predicted octanol–water partition coefficient (Wildman–Crippen LogP) is 17.0. The molecule has 0 aliphatic rings. The SMILES string of the molecule is [2H]c1nc(-n2c3ccccc3c3ccc(Oc4cccc(-n5c[n+](-c6c(-c7cc(C(C)(C)C)cc(C(C)(C)C)c7)cccc6-c6c([2H])c([2H])c([2H])c([2H])c6[2H])c6ccccc65)c4)cc32)c([2H])c(CC([2H])(C([2H])([2H])[2H])C([2H])([2H])[2H])c1-c1c([2H])c([2H])c([2H])c([2H])c1[2H]. The molecular formula is C66H61N4O+. The van der Waals surface area contributed by atoms with Gasteiger partial charge in [0.15, 0.2) is 11.0 Å². The van der Waals surface area contributed by atoms with E-state index < -0.39 is 103 Å². The summed E-state index contributed by atoms with van der Waals surface area (Å²) in [7, 11) is 0. The maximum absolute atomic E-state index is 9.86. The number of ether oxygens (including phenoxy) is 1. The van der Waals surface area contributed by atoms with Crippen molar-refractivity contribution < 1.29 is 35.3 Å². The maximum Gasteiger partial charge on any atom is 0.255 e. The van der Waals surface area contributed by atoms with Crippen LogP contribution in [-0.4, -0.2) is 14.1 Å². The molecule has 0 aliphatic heterocycles. The molecule has 11 aromatic rings. The molecule has 0 unspecified atom stereocenters. The van der Waals surface area contributed by atoms with Gasteiger partial charge in [-0.2, -0.15) is 9.13 Å². The first-order valence-electron chi connectivity index (χ1n) is 32.8. The molecule has 0 saturated heterocycles. The molecule has 3 heterocycles. The minimum Gasteiger partial charge on any atom is -0.457 e. The zero-order chi connectivity index (χ0) is 65.4. The van der Waals surface area contributed by atoms with Gasteiger partial charge in [0, 0.05) is 55.4 Å². The molecule has 0 bridgehead atoms. The number of imidazole rings is 1. The van der Waals surface area contributed by atoms with Crippen LogP contribution in [0.15, 0.2) is 206 Å². The summed E-state index contributed by atoms with van der Waals surface area (Å²) in [5.74, 6) is -2.99. The van der Waals surface area contributed by atoms with Gasteiger partial charge in [-0.15, -0.1) is 0 Å². The summed E-state index contributed by atoms with van der Waals surface area (Å²) in [5, 5.41) is 1.26. The van der Waals surface area contributed by atoms with E-state index in [0.717, 1.165) is 33.3 Å². The highest BCUT2D eigenvalue weighted by Crippen LogP contribution is 2.40. The number of pyridine rings is 1. The Labute approximate surface area is 445 Å². The highest BCUT2D eigenvalue weighted by atomic mass is 16.5. The van der Waals surface area contributed by atoms with Gasteiger partial charge >= 0.3 is 0 Å². The van der Waals surface area contributed by atoms with Gasteiger partial charge in [-0.05, 0) is 105 Å². The Morgan fingerprint density at radius 2 is 1.23 bits per heavy atom. The lowest BCUT2D eigenvalue weighted by atomic mass is 9.78. The van der Waals surface area contributed by atoms with Crippen molar-refractivity contribution in [2.24, 2.45) is 5.89 Å². The van der Waals surface area contributed by atoms with Gasteiger partial charge in [0.25, 0.3) is 6.33 Å². The molecule has 0 saturated carbocycles. The van der Waals surface area contributed by atoms with E-state index in [9.17, 15) is 5.48 Å². The average molecular weight is 945 g/mol. The van der Waals surface area contributed by atoms with E-state index in [1.807, 2.05) is 76.1 Å². The van der Waals surface area contributed by atoms with Crippen molar-refractivity contribution in [3.8, 4) is 62.1 Å². The quantitative estimate of drug-likeness (QED) is 0.128. The van der Waals surface area contributed by atoms with Crippen LogP contribution in [0.5, 0.6) is 11.5 Å². The molecule has 0 atom stereocenters. The lowest BCUT2D eigenvalue weighted by Crippen LogP contribution is -2.31. The third kappa shape index (κ3) is 8.71. The van der Waals surface area contributed by atoms with Crippen molar-refractivity contribution in [2.45, 2.75) is 72.5 Å². The standard InChI is InChI=1S/C66H61N4O/c1-44(2)35-47-38-63(67-42-58(47)46-23-13-10-14-24-46)70-59-30-16-15-27-56(59)57-34-33-53(41-62(57)70)71-52-26-19-25-51(40-52)68-43-69(61-32-18-17-31-60(61)68)64-54(45-21-11-9-12-22-45)28-20-29-55(64)48-36-49(65(3,4)5)39-50(37-48)66(6,7)8/h9-34,36-44H,35H2,1-8H3/q+1/i1D3,2D3,9D,10D,11D,12D,13D,14D,21D,22D,23D,24D,38D,42D,44D. The summed E-state index contributed by atoms with van der Waals surface area (Å²) in [6.45, 7) is 5.87. The van der Waals surface area contributed by atoms with Crippen LogP contribution in [0.3, 0.4) is 0 Å². The summed E-state index contributed by atoms with van der Waals surface area (Å²) in [5.41, 5.74) is 5.42. The molecule has 8 aromatic carbocycles. The lowest BCUT2D eigenvalue weighted by molar-refractivity contribution is -0.566. The lowest BCUT2D eigenvalue weighted by Gasteiger charge is -2.26. The van der Waals surface area contributed by atoms with Crippen molar-refractivity contribution in [3.63, 3.8) is 0 Å². The molecule has 0 fully saturated rings. The molecule has 0 N–H and O–H groups in total. The van der Waals surface area contributed by atoms with Crippen molar-refractivity contribution in [1.29, 1.82) is 0 Å². The van der Waals surface area contributed by atoms with Crippen molar-refractivity contribution in [1.82, 2.24) is 14.1 Å². The number of aromatic nitrogens is 4. The van der Waals surface area contributed by atoms with Gasteiger partial charge in [0.1, 0.15) is 28.7 Å². The fraction of sp³-hybridized carbons (Fsp3) is 0.182. The van der Waals surface area contributed by atoms with Crippen LogP contribution < -0.4 is 9.30 Å². The largest absolute Gasteiger partial charge is 0.457 e. The van der Waals surface area contributed by atoms with Crippen LogP contribution in [0.2, 0.25) is 0 Å². The number of hydrogen-bond acceptors (Lipinski definition) is 2. The molecule has 0 radical (unpaired) electrons. The van der Waals surface area contributed by atoms with Crippen LogP contribution in [0.4, 0.5) is 0 Å². The van der Waals surface area contributed by atoms with Gasteiger partial charge < -0.3 is 4.74 Å². The Kier molecular flexibility index (Phi) is 7.27. The van der Waals surface area contributed by atoms with E-state index in [1.54, 1.807) is 48.5 Å². The zero-order valence-corrected chi connectivity index (χ0v) is 40.1. The van der Waals surface area contributed by atoms with Crippen LogP contribution >= 0.6 is 0 Å². The molecule has 350 valence electrons. The maximum atomic E-state index is 9.86. The normalized spacial score (nSPS) is 16.5. The topological polar surface area (TPSA) is 35.9 Å². The number of benzene rings is 8. The molecule has 3 aromatic heterocycles. The van der Waals surface area contributed by atoms with Gasteiger partial charge in [-0.3, -0.25) is 4.57 Å². The van der Waals surface area contributed by atoms with Crippen LogP contribution in [-0.2, 0) is 17.3 Å². The first kappa shape index (κ1) is 28.6. The molecule has 71 heavy (non-hydrogen) atoms. The van der Waals surface area contributed by atoms with Crippen LogP contribution in [0.25, 0.3) is 83.4 Å². The van der Waals surface area contributed by atoms with Gasteiger partial charge in [-0.1, -0.05) is 188 Å². The molecule has 0 spiro atoms. The first-order chi connectivity index (χ1) is 42.0. The number of para-hydroxylation sites is 4. The van der Waals surface area contributed by atoms with Gasteiger partial charge in [-0.25, -0.2) is 4.98 Å². The summed E-state index contributed by atoms with van der Waals surface area (Å²) >= 11 is 0. The molecule has 11 rings (SSSR count). The Bertz CT molecular complexity index is 4670. The second kappa shape index (κ2) is 18.1. The van der Waals surface area contributed by atoms with Gasteiger partial charge in [0.2, 0.25) is 0 Å². The average Bonchev–Trinajstić information content (AvgIpc) is 1.35. The van der Waals surface area contributed by atoms with Crippen LogP contribution in [0.1, 0.15) is 98.0 Å². The predicted molar refractivity (Wildman–Crippen MR) is 296 cm³/mol. The number of rotatable bonds is 10. The van der Waals surface area contributed by atoms with E-state index >= 15 is 0 Å². The Morgan fingerprint density at radius 1 is 0.606 bits per heavy atom. The summed E-state index contributed by atoms with van der Waals surface area (Å²) in [4.78, 5) is 4.55. The van der Waals surface area contributed by atoms with Gasteiger partial charge in [0.05, 0.1) is 27.5 Å². The Balaban J connectivity index is 1.09. The Morgan fingerprint density at radius 3 is 1.93 bits per heavy atom. The van der Waals surface area contributed by atoms with E-state index in [4.69, 9.17) is 25.3 Å². The Hall–Kier alpha value is -8.02. The van der Waals surface area contributed by atoms with Crippen molar-refractivity contribution >= 4 is 32.8 Å². The zero-order valence-electron chi connectivity index (χ0n) is 59.1. The van der Waals surface area contributed by atoms with Crippen molar-refractivity contribution in [2.75, 3.05) is 0 Å². The van der Waals surface area contributed by atoms with E-state index in [1.165, 1.54) is 4.57 Å². The molecule has 5 heteroatoms. The fourth-order valence-corrected chi connectivity index (χ4v) is 9.24. The number of hydrogen-bond donors (Lipinski definition) is 0. The highest BCUT2D eigenvalue weighted by Gasteiger charge is 2.28. The minimum atomic E-state index is -3.53. The van der Waals surface area contributed by atoms with E-state index in [-0.39, 0.29) is 40.0 Å². The van der Waals surface area contributed by atoms with E-state index in [0.29, 0.717) is 44.5 Å². The highest BCUT2D eigenvalue weighted by molar-refractivity contribution is 6.09. The third-order valence-corrected chi connectivity index (χ3v) is 12.8. The molecule has 5 nitrogen and oxygen atoms in total. The molecule has 0 amide bonds. The smallest absolute Gasteiger partial charge is 0.255 e. The summed E-state index contributed by atoms with van der Waals surface area (Å²) in [6, 6.07) is 32.6. The number of fused-ring (bicyclic) bond motifs is 4. The fourth-order valence-electron chi connectivity index (χ4n) is 9.24. The second-order valence-electron chi connectivity index (χ2n) is 19.7. The molecular weight excluding hydrogens is 865 g/mol. The van der Waals surface area contributed by atoms with Crippen LogP contribution in [0, 0.1) is 5.89 Å². The summed E-state index contributed by atoms with van der Waals surface area (Å²) < 4.78 is 178. The minimum absolute atomic E-state index is 0.0363. The summed E-state index contributed by atoms with van der Waals surface area (Å²) in [6.07, 6.45) is -0.124. The first-order valence-corrected chi connectivity index (χ1v) is 23.3. The molecule has 0 aliphatic carbocycles.